The number of anilines is 2. The van der Waals surface area contributed by atoms with Crippen molar-refractivity contribution in [3.63, 3.8) is 0 Å². The number of nitrogens with one attached hydrogen (secondary N) is 3. The number of aliphatic hydroxyl groups excluding tert-OH is 1. The normalized spacial score (nSPS) is 15.0. The van der Waals surface area contributed by atoms with Crippen molar-refractivity contribution in [2.75, 3.05) is 36.8 Å². The standard InChI is InChI=1S/C26H36N4O4/c1-18-13-22(29-26(34)8-11-30-9-4-3-5-10-30)19(2)12-21(18)15-27-16-25(33)20-6-7-24(32)23(14-20)28-17-31/h6-7,12-14,17,25,27,32-33H,3-5,8-11,15-16H2,1-2H3,(H,28,31)(H,29,34)/t25-/m1/s1. The Balaban J connectivity index is 1.51. The van der Waals surface area contributed by atoms with Crippen molar-refractivity contribution in [1.29, 1.82) is 0 Å². The first-order valence-corrected chi connectivity index (χ1v) is 11.9. The monoisotopic (exact) mass is 468 g/mol. The molecule has 0 radical (unpaired) electrons. The first kappa shape index (κ1) is 25.7. The SMILES string of the molecule is Cc1cc(NC(=O)CCN2CCCCC2)c(C)cc1CNC[C@@H](O)c1ccc(O)c(NC=O)c1. The minimum Gasteiger partial charge on any atom is -0.506 e. The van der Waals surface area contributed by atoms with E-state index >= 15 is 0 Å². The second-order valence-corrected chi connectivity index (χ2v) is 8.98. The quantitative estimate of drug-likeness (QED) is 0.256. The maximum absolute atomic E-state index is 12.5. The summed E-state index contributed by atoms with van der Waals surface area (Å²) in [6, 6.07) is 8.67. The molecule has 1 saturated heterocycles. The van der Waals surface area contributed by atoms with E-state index in [1.54, 1.807) is 12.1 Å². The molecule has 5 N–H and O–H groups in total. The average molecular weight is 469 g/mol. The zero-order valence-electron chi connectivity index (χ0n) is 20.1. The van der Waals surface area contributed by atoms with E-state index in [9.17, 15) is 19.8 Å². The number of phenols is 1. The first-order chi connectivity index (χ1) is 16.4. The van der Waals surface area contributed by atoms with Gasteiger partial charge >= 0.3 is 0 Å². The lowest BCUT2D eigenvalue weighted by Crippen LogP contribution is -2.32. The van der Waals surface area contributed by atoms with Crippen LogP contribution in [-0.4, -0.2) is 53.6 Å². The van der Waals surface area contributed by atoms with Gasteiger partial charge in [-0.3, -0.25) is 9.59 Å². The van der Waals surface area contributed by atoms with Gasteiger partial charge in [-0.2, -0.15) is 0 Å². The third-order valence-electron chi connectivity index (χ3n) is 6.33. The highest BCUT2D eigenvalue weighted by molar-refractivity contribution is 5.91. The molecule has 0 spiro atoms. The van der Waals surface area contributed by atoms with E-state index in [-0.39, 0.29) is 17.3 Å². The highest BCUT2D eigenvalue weighted by atomic mass is 16.3. The molecule has 184 valence electrons. The number of aromatic hydroxyl groups is 1. The molecular weight excluding hydrogens is 432 g/mol. The van der Waals surface area contributed by atoms with E-state index in [0.29, 0.717) is 31.5 Å². The van der Waals surface area contributed by atoms with E-state index in [1.807, 2.05) is 19.9 Å². The molecule has 0 aromatic heterocycles. The van der Waals surface area contributed by atoms with Gasteiger partial charge in [0.15, 0.2) is 0 Å². The Kier molecular flexibility index (Phi) is 9.44. The molecule has 2 aromatic carbocycles. The summed E-state index contributed by atoms with van der Waals surface area (Å²) in [7, 11) is 0. The van der Waals surface area contributed by atoms with Gasteiger partial charge in [-0.15, -0.1) is 0 Å². The summed E-state index contributed by atoms with van der Waals surface area (Å²) in [4.78, 5) is 25.5. The molecule has 34 heavy (non-hydrogen) atoms. The number of hydrogen-bond donors (Lipinski definition) is 5. The predicted octanol–water partition coefficient (Wildman–Crippen LogP) is 3.22. The number of rotatable bonds is 11. The number of aliphatic hydroxyl groups is 1. The van der Waals surface area contributed by atoms with Crippen molar-refractivity contribution in [3.8, 4) is 5.75 Å². The molecule has 0 saturated carbocycles. The molecule has 1 aliphatic heterocycles. The van der Waals surface area contributed by atoms with Crippen LogP contribution in [0.2, 0.25) is 0 Å². The van der Waals surface area contributed by atoms with Crippen LogP contribution in [0.15, 0.2) is 30.3 Å². The van der Waals surface area contributed by atoms with E-state index in [2.05, 4.69) is 26.9 Å². The molecule has 8 heteroatoms. The van der Waals surface area contributed by atoms with Gasteiger partial charge in [0, 0.05) is 31.7 Å². The van der Waals surface area contributed by atoms with Crippen molar-refractivity contribution in [2.45, 2.75) is 52.2 Å². The molecule has 8 nitrogen and oxygen atoms in total. The Hall–Kier alpha value is -2.94. The third kappa shape index (κ3) is 7.28. The summed E-state index contributed by atoms with van der Waals surface area (Å²) in [6.45, 7) is 7.84. The first-order valence-electron chi connectivity index (χ1n) is 11.9. The van der Waals surface area contributed by atoms with Crippen LogP contribution < -0.4 is 16.0 Å². The average Bonchev–Trinajstić information content (AvgIpc) is 2.83. The molecule has 1 fully saturated rings. The van der Waals surface area contributed by atoms with Crippen LogP contribution in [0.25, 0.3) is 0 Å². The summed E-state index contributed by atoms with van der Waals surface area (Å²) in [5.74, 6) is -0.0137. The lowest BCUT2D eigenvalue weighted by molar-refractivity contribution is -0.116. The highest BCUT2D eigenvalue weighted by Gasteiger charge is 2.14. The fourth-order valence-electron chi connectivity index (χ4n) is 4.26. The summed E-state index contributed by atoms with van der Waals surface area (Å²) >= 11 is 0. The molecule has 3 rings (SSSR count). The van der Waals surface area contributed by atoms with Crippen LogP contribution in [0.4, 0.5) is 11.4 Å². The number of piperidine rings is 1. The van der Waals surface area contributed by atoms with Crippen molar-refractivity contribution in [2.24, 2.45) is 0 Å². The predicted molar refractivity (Wildman–Crippen MR) is 134 cm³/mol. The number of likely N-dealkylation sites (tertiary alicyclic amines) is 1. The number of benzene rings is 2. The van der Waals surface area contributed by atoms with Gasteiger partial charge in [0.2, 0.25) is 12.3 Å². The second kappa shape index (κ2) is 12.5. The van der Waals surface area contributed by atoms with E-state index in [1.165, 1.54) is 25.3 Å². The minimum absolute atomic E-state index is 0.0411. The largest absolute Gasteiger partial charge is 0.506 e. The molecule has 2 aromatic rings. The van der Waals surface area contributed by atoms with E-state index in [0.717, 1.165) is 42.0 Å². The molecule has 1 heterocycles. The Bertz CT molecular complexity index is 989. The maximum Gasteiger partial charge on any atom is 0.225 e. The maximum atomic E-state index is 12.5. The van der Waals surface area contributed by atoms with Crippen molar-refractivity contribution in [1.82, 2.24) is 10.2 Å². The van der Waals surface area contributed by atoms with Crippen LogP contribution >= 0.6 is 0 Å². The Labute approximate surface area is 201 Å². The van der Waals surface area contributed by atoms with Gasteiger partial charge in [0.25, 0.3) is 0 Å². The van der Waals surface area contributed by atoms with Crippen LogP contribution in [0, 0.1) is 13.8 Å². The summed E-state index contributed by atoms with van der Waals surface area (Å²) < 4.78 is 0. The number of hydrogen-bond acceptors (Lipinski definition) is 6. The molecular formula is C26H36N4O4. The Morgan fingerprint density at radius 3 is 2.59 bits per heavy atom. The van der Waals surface area contributed by atoms with Gasteiger partial charge in [0.1, 0.15) is 5.75 Å². The summed E-state index contributed by atoms with van der Waals surface area (Å²) in [5.41, 5.74) is 4.82. The lowest BCUT2D eigenvalue weighted by Gasteiger charge is -2.26. The minimum atomic E-state index is -0.798. The van der Waals surface area contributed by atoms with Crippen molar-refractivity contribution >= 4 is 23.7 Å². The highest BCUT2D eigenvalue weighted by Crippen LogP contribution is 2.27. The number of aryl methyl sites for hydroxylation is 2. The van der Waals surface area contributed by atoms with Crippen molar-refractivity contribution < 1.29 is 19.8 Å². The van der Waals surface area contributed by atoms with Crippen LogP contribution in [0.1, 0.15) is 54.0 Å². The van der Waals surface area contributed by atoms with E-state index < -0.39 is 6.10 Å². The molecule has 0 unspecified atom stereocenters. The Morgan fingerprint density at radius 2 is 1.85 bits per heavy atom. The third-order valence-corrected chi connectivity index (χ3v) is 6.33. The van der Waals surface area contributed by atoms with Gasteiger partial charge in [-0.05, 0) is 80.2 Å². The number of carbonyl (C=O) groups excluding carboxylic acids is 2. The van der Waals surface area contributed by atoms with Crippen LogP contribution in [-0.2, 0) is 16.1 Å². The second-order valence-electron chi connectivity index (χ2n) is 8.98. The summed E-state index contributed by atoms with van der Waals surface area (Å²) in [6.07, 6.45) is 3.92. The zero-order chi connectivity index (χ0) is 24.5. The van der Waals surface area contributed by atoms with Gasteiger partial charge < -0.3 is 31.1 Å². The van der Waals surface area contributed by atoms with Gasteiger partial charge in [-0.25, -0.2) is 0 Å². The number of nitrogens with zero attached hydrogens (tertiary/aromatic N) is 1. The lowest BCUT2D eigenvalue weighted by atomic mass is 10.0. The molecule has 1 atom stereocenters. The van der Waals surface area contributed by atoms with Gasteiger partial charge in [0.05, 0.1) is 11.8 Å². The van der Waals surface area contributed by atoms with Crippen molar-refractivity contribution in [3.05, 3.63) is 52.6 Å². The topological polar surface area (TPSA) is 114 Å². The molecule has 0 bridgehead atoms. The smallest absolute Gasteiger partial charge is 0.225 e. The number of carbonyl (C=O) groups is 2. The van der Waals surface area contributed by atoms with Crippen LogP contribution in [0.5, 0.6) is 5.75 Å². The molecule has 1 aliphatic rings. The number of phenolic OH excluding ortho intramolecular Hbond substituents is 1. The zero-order valence-corrected chi connectivity index (χ0v) is 20.1. The van der Waals surface area contributed by atoms with Gasteiger partial charge in [-0.1, -0.05) is 18.6 Å². The Morgan fingerprint density at radius 1 is 1.09 bits per heavy atom. The van der Waals surface area contributed by atoms with E-state index in [4.69, 9.17) is 0 Å². The van der Waals surface area contributed by atoms with Crippen LogP contribution in [0.3, 0.4) is 0 Å². The summed E-state index contributed by atoms with van der Waals surface area (Å²) in [5, 5.41) is 29.0. The molecule has 0 aliphatic carbocycles. The fraction of sp³-hybridized carbons (Fsp3) is 0.462. The molecule has 2 amide bonds. The fourth-order valence-corrected chi connectivity index (χ4v) is 4.26. The number of amides is 2.